The smallest absolute Gasteiger partial charge is 0.0506 e. The van der Waals surface area contributed by atoms with E-state index >= 15 is 0 Å². The zero-order chi connectivity index (χ0) is 14.6. The zero-order valence-electron chi connectivity index (χ0n) is 12.1. The van der Waals surface area contributed by atoms with Crippen LogP contribution >= 0.6 is 15.9 Å². The van der Waals surface area contributed by atoms with Crippen molar-refractivity contribution in [2.45, 2.75) is 19.3 Å². The summed E-state index contributed by atoms with van der Waals surface area (Å²) in [6.45, 7) is 4.60. The summed E-state index contributed by atoms with van der Waals surface area (Å²) in [7, 11) is 0. The second kappa shape index (κ2) is 4.35. The minimum atomic E-state index is -0.0102. The van der Waals surface area contributed by atoms with Gasteiger partial charge >= 0.3 is 0 Å². The fourth-order valence-electron chi connectivity index (χ4n) is 3.38. The maximum absolute atomic E-state index is 3.74. The Morgan fingerprint density at radius 3 is 2.33 bits per heavy atom. The Bertz CT molecular complexity index is 865. The standard InChI is InChI=1S/C19H16BrN/c1-19(2)14-9-5-6-10-17(14)21-18-13-8-4-3-7-12(13)16(20)11-15(18)19/h3-11,21H,1-2H3. The summed E-state index contributed by atoms with van der Waals surface area (Å²) >= 11 is 3.74. The molecule has 0 fully saturated rings. The van der Waals surface area contributed by atoms with Crippen molar-refractivity contribution in [3.63, 3.8) is 0 Å². The van der Waals surface area contributed by atoms with Crippen molar-refractivity contribution in [3.05, 3.63) is 70.2 Å². The van der Waals surface area contributed by atoms with E-state index in [1.54, 1.807) is 0 Å². The van der Waals surface area contributed by atoms with Crippen LogP contribution in [0.3, 0.4) is 0 Å². The number of anilines is 2. The van der Waals surface area contributed by atoms with E-state index in [1.165, 1.54) is 33.3 Å². The van der Waals surface area contributed by atoms with Crippen LogP contribution in [0.15, 0.2) is 59.1 Å². The molecule has 0 aliphatic carbocycles. The molecule has 3 aromatic carbocycles. The number of hydrogen-bond acceptors (Lipinski definition) is 1. The van der Waals surface area contributed by atoms with Gasteiger partial charge in [-0.05, 0) is 28.6 Å². The fraction of sp³-hybridized carbons (Fsp3) is 0.158. The van der Waals surface area contributed by atoms with E-state index in [0.29, 0.717) is 0 Å². The quantitative estimate of drug-likeness (QED) is 0.531. The first-order valence-electron chi connectivity index (χ1n) is 7.17. The molecule has 0 bridgehead atoms. The third-order valence-corrected chi connectivity index (χ3v) is 5.18. The summed E-state index contributed by atoms with van der Waals surface area (Å²) < 4.78 is 1.16. The highest BCUT2D eigenvalue weighted by Crippen LogP contribution is 2.49. The van der Waals surface area contributed by atoms with E-state index < -0.39 is 0 Å². The normalized spacial score (nSPS) is 15.2. The van der Waals surface area contributed by atoms with Gasteiger partial charge in [-0.15, -0.1) is 0 Å². The SMILES string of the molecule is CC1(C)c2ccccc2Nc2c1cc(Br)c1ccccc21. The monoisotopic (exact) mass is 337 g/mol. The van der Waals surface area contributed by atoms with Crippen LogP contribution in [0, 0.1) is 0 Å². The molecule has 104 valence electrons. The van der Waals surface area contributed by atoms with Gasteiger partial charge in [-0.3, -0.25) is 0 Å². The highest BCUT2D eigenvalue weighted by molar-refractivity contribution is 9.10. The van der Waals surface area contributed by atoms with Gasteiger partial charge in [0.25, 0.3) is 0 Å². The van der Waals surface area contributed by atoms with Crippen molar-refractivity contribution < 1.29 is 0 Å². The molecule has 0 atom stereocenters. The summed E-state index contributed by atoms with van der Waals surface area (Å²) in [5.74, 6) is 0. The number of rotatable bonds is 0. The predicted molar refractivity (Wildman–Crippen MR) is 93.5 cm³/mol. The topological polar surface area (TPSA) is 12.0 Å². The van der Waals surface area contributed by atoms with Crippen LogP contribution in [0.5, 0.6) is 0 Å². The first-order chi connectivity index (χ1) is 10.1. The lowest BCUT2D eigenvalue weighted by Gasteiger charge is -2.36. The van der Waals surface area contributed by atoms with E-state index in [4.69, 9.17) is 0 Å². The van der Waals surface area contributed by atoms with Gasteiger partial charge < -0.3 is 5.32 Å². The largest absolute Gasteiger partial charge is 0.355 e. The highest BCUT2D eigenvalue weighted by Gasteiger charge is 2.33. The Balaban J connectivity index is 2.11. The second-order valence-corrected chi connectivity index (χ2v) is 6.98. The van der Waals surface area contributed by atoms with Crippen LogP contribution in [0.4, 0.5) is 11.4 Å². The average Bonchev–Trinajstić information content (AvgIpc) is 2.49. The van der Waals surface area contributed by atoms with Crippen molar-refractivity contribution in [3.8, 4) is 0 Å². The van der Waals surface area contributed by atoms with Crippen LogP contribution in [-0.2, 0) is 5.41 Å². The molecule has 21 heavy (non-hydrogen) atoms. The molecule has 1 aliphatic rings. The molecule has 0 spiro atoms. The van der Waals surface area contributed by atoms with Crippen LogP contribution in [0.2, 0.25) is 0 Å². The predicted octanol–water partition coefficient (Wildman–Crippen LogP) is 5.99. The fourth-order valence-corrected chi connectivity index (χ4v) is 3.95. The molecular weight excluding hydrogens is 322 g/mol. The van der Waals surface area contributed by atoms with Crippen LogP contribution in [0.1, 0.15) is 25.0 Å². The van der Waals surface area contributed by atoms with E-state index in [2.05, 4.69) is 89.7 Å². The first kappa shape index (κ1) is 12.9. The minimum Gasteiger partial charge on any atom is -0.355 e. The Hall–Kier alpha value is -1.80. The molecular formula is C19H16BrN. The lowest BCUT2D eigenvalue weighted by atomic mass is 9.73. The second-order valence-electron chi connectivity index (χ2n) is 6.12. The molecule has 0 saturated heterocycles. The van der Waals surface area contributed by atoms with Gasteiger partial charge in [0, 0.05) is 21.0 Å². The van der Waals surface area contributed by atoms with Crippen molar-refractivity contribution in [2.75, 3.05) is 5.32 Å². The number of para-hydroxylation sites is 1. The van der Waals surface area contributed by atoms with E-state index in [-0.39, 0.29) is 5.41 Å². The number of fused-ring (bicyclic) bond motifs is 4. The lowest BCUT2D eigenvalue weighted by Crippen LogP contribution is -2.26. The number of hydrogen-bond donors (Lipinski definition) is 1. The molecule has 2 heteroatoms. The van der Waals surface area contributed by atoms with E-state index in [1.807, 2.05) is 0 Å². The van der Waals surface area contributed by atoms with Gasteiger partial charge in [-0.1, -0.05) is 72.2 Å². The summed E-state index contributed by atoms with van der Waals surface area (Å²) in [5.41, 5.74) is 5.12. The number of benzene rings is 3. The molecule has 0 aromatic heterocycles. The molecule has 1 N–H and O–H groups in total. The number of nitrogens with one attached hydrogen (secondary N) is 1. The minimum absolute atomic E-state index is 0.0102. The maximum atomic E-state index is 3.74. The molecule has 3 aromatic rings. The number of halogens is 1. The summed E-state index contributed by atoms with van der Waals surface area (Å²) in [6, 6.07) is 19.4. The van der Waals surface area contributed by atoms with Gasteiger partial charge in [0.05, 0.1) is 5.69 Å². The van der Waals surface area contributed by atoms with Crippen molar-refractivity contribution in [1.29, 1.82) is 0 Å². The Morgan fingerprint density at radius 2 is 1.52 bits per heavy atom. The molecule has 0 unspecified atom stereocenters. The maximum Gasteiger partial charge on any atom is 0.0506 e. The molecule has 0 amide bonds. The average molecular weight is 338 g/mol. The van der Waals surface area contributed by atoms with Crippen molar-refractivity contribution in [1.82, 2.24) is 0 Å². The lowest BCUT2D eigenvalue weighted by molar-refractivity contribution is 0.639. The van der Waals surface area contributed by atoms with Gasteiger partial charge in [-0.25, -0.2) is 0 Å². The molecule has 0 saturated carbocycles. The van der Waals surface area contributed by atoms with Crippen molar-refractivity contribution in [2.24, 2.45) is 0 Å². The van der Waals surface area contributed by atoms with Gasteiger partial charge in [0.2, 0.25) is 0 Å². The molecule has 4 rings (SSSR count). The molecule has 1 aliphatic heterocycles. The summed E-state index contributed by atoms with van der Waals surface area (Å²) in [4.78, 5) is 0. The third-order valence-electron chi connectivity index (χ3n) is 4.53. The van der Waals surface area contributed by atoms with Crippen LogP contribution < -0.4 is 5.32 Å². The summed E-state index contributed by atoms with van der Waals surface area (Å²) in [6.07, 6.45) is 0. The first-order valence-corrected chi connectivity index (χ1v) is 7.96. The van der Waals surface area contributed by atoms with Crippen LogP contribution in [0.25, 0.3) is 10.8 Å². The van der Waals surface area contributed by atoms with Crippen molar-refractivity contribution >= 4 is 38.1 Å². The zero-order valence-corrected chi connectivity index (χ0v) is 13.7. The van der Waals surface area contributed by atoms with Gasteiger partial charge in [0.1, 0.15) is 0 Å². The van der Waals surface area contributed by atoms with Gasteiger partial charge in [0.15, 0.2) is 0 Å². The third kappa shape index (κ3) is 1.75. The molecule has 1 heterocycles. The Kier molecular flexibility index (Phi) is 2.67. The van der Waals surface area contributed by atoms with E-state index in [0.717, 1.165) is 4.47 Å². The summed E-state index contributed by atoms with van der Waals surface area (Å²) in [5, 5.41) is 6.16. The molecule has 0 radical (unpaired) electrons. The van der Waals surface area contributed by atoms with Crippen LogP contribution in [-0.4, -0.2) is 0 Å². The van der Waals surface area contributed by atoms with E-state index in [9.17, 15) is 0 Å². The Labute approximate surface area is 133 Å². The van der Waals surface area contributed by atoms with Gasteiger partial charge in [-0.2, -0.15) is 0 Å². The Morgan fingerprint density at radius 1 is 0.857 bits per heavy atom. The molecule has 1 nitrogen and oxygen atoms in total. The highest BCUT2D eigenvalue weighted by atomic mass is 79.9.